The van der Waals surface area contributed by atoms with Crippen molar-refractivity contribution in [1.82, 2.24) is 15.0 Å². The van der Waals surface area contributed by atoms with E-state index in [1.165, 1.54) is 12.8 Å². The Bertz CT molecular complexity index is 247. The summed E-state index contributed by atoms with van der Waals surface area (Å²) in [5.41, 5.74) is 0.852. The highest BCUT2D eigenvalue weighted by atomic mass is 35.5. The van der Waals surface area contributed by atoms with Crippen LogP contribution in [0.1, 0.15) is 32.4 Å². The van der Waals surface area contributed by atoms with Crippen LogP contribution in [0.4, 0.5) is 0 Å². The molecule has 1 unspecified atom stereocenters. The van der Waals surface area contributed by atoms with E-state index >= 15 is 0 Å². The fourth-order valence-electron chi connectivity index (χ4n) is 1.39. The highest BCUT2D eigenvalue weighted by Crippen LogP contribution is 2.08. The van der Waals surface area contributed by atoms with Crippen molar-refractivity contribution < 1.29 is 0 Å². The molecule has 0 fully saturated rings. The number of halogens is 1. The van der Waals surface area contributed by atoms with Crippen LogP contribution < -0.4 is 0 Å². The summed E-state index contributed by atoms with van der Waals surface area (Å²) >= 11 is 5.62. The molecule has 0 aliphatic carbocycles. The van der Waals surface area contributed by atoms with Gasteiger partial charge in [-0.15, -0.1) is 16.7 Å². The summed E-state index contributed by atoms with van der Waals surface area (Å²) < 4.78 is 1.87. The van der Waals surface area contributed by atoms with E-state index < -0.39 is 0 Å². The molecule has 1 heterocycles. The summed E-state index contributed by atoms with van der Waals surface area (Å²) in [6, 6.07) is 0. The Labute approximate surface area is 84.1 Å². The van der Waals surface area contributed by atoms with Crippen LogP contribution in [0.15, 0.2) is 6.20 Å². The Morgan fingerprint density at radius 3 is 2.92 bits per heavy atom. The maximum Gasteiger partial charge on any atom is 0.0974 e. The minimum Gasteiger partial charge on any atom is -0.252 e. The van der Waals surface area contributed by atoms with Crippen molar-refractivity contribution in [3.05, 3.63) is 11.9 Å². The van der Waals surface area contributed by atoms with E-state index in [1.54, 1.807) is 0 Å². The molecule has 0 spiro atoms. The van der Waals surface area contributed by atoms with Gasteiger partial charge in [0.1, 0.15) is 0 Å². The van der Waals surface area contributed by atoms with Crippen molar-refractivity contribution in [1.29, 1.82) is 0 Å². The molecule has 1 atom stereocenters. The van der Waals surface area contributed by atoms with Crippen LogP contribution in [-0.2, 0) is 12.4 Å². The van der Waals surface area contributed by atoms with Crippen LogP contribution in [0.25, 0.3) is 0 Å². The largest absolute Gasteiger partial charge is 0.252 e. The van der Waals surface area contributed by atoms with Gasteiger partial charge in [0, 0.05) is 12.7 Å². The first-order valence-electron chi connectivity index (χ1n) is 4.71. The average Bonchev–Trinajstić information content (AvgIpc) is 2.52. The Hall–Kier alpha value is -0.570. The highest BCUT2D eigenvalue weighted by molar-refractivity contribution is 6.16. The van der Waals surface area contributed by atoms with Gasteiger partial charge in [-0.1, -0.05) is 25.5 Å². The minimum atomic E-state index is 0.447. The van der Waals surface area contributed by atoms with Gasteiger partial charge in [-0.25, -0.2) is 0 Å². The molecule has 0 N–H and O–H groups in total. The zero-order chi connectivity index (χ0) is 9.68. The summed E-state index contributed by atoms with van der Waals surface area (Å²) in [5, 5.41) is 7.92. The second-order valence-corrected chi connectivity index (χ2v) is 3.73. The second-order valence-electron chi connectivity index (χ2n) is 3.46. The Morgan fingerprint density at radius 2 is 2.38 bits per heavy atom. The van der Waals surface area contributed by atoms with Gasteiger partial charge in [0.25, 0.3) is 0 Å². The van der Waals surface area contributed by atoms with Crippen LogP contribution in [0.2, 0.25) is 0 Å². The quantitative estimate of drug-likeness (QED) is 0.686. The molecule has 0 bridgehead atoms. The van der Waals surface area contributed by atoms with E-state index in [1.807, 2.05) is 10.9 Å². The second kappa shape index (κ2) is 5.22. The fraction of sp³-hybridized carbons (Fsp3) is 0.778. The smallest absolute Gasteiger partial charge is 0.0974 e. The Kier molecular flexibility index (Phi) is 4.22. The molecule has 1 aromatic rings. The lowest BCUT2D eigenvalue weighted by molar-refractivity contribution is 0.414. The molecular weight excluding hydrogens is 186 g/mol. The normalized spacial score (nSPS) is 13.2. The van der Waals surface area contributed by atoms with E-state index in [0.29, 0.717) is 11.8 Å². The maximum absolute atomic E-state index is 5.62. The minimum absolute atomic E-state index is 0.447. The van der Waals surface area contributed by atoms with Gasteiger partial charge in [-0.2, -0.15) is 0 Å². The average molecular weight is 202 g/mol. The van der Waals surface area contributed by atoms with Crippen molar-refractivity contribution in [2.24, 2.45) is 5.92 Å². The SMILES string of the molecule is CCCC(C)Cn1cc(CCl)nn1. The maximum atomic E-state index is 5.62. The van der Waals surface area contributed by atoms with Crippen LogP contribution in [0, 0.1) is 5.92 Å². The molecule has 4 heteroatoms. The van der Waals surface area contributed by atoms with Gasteiger partial charge in [0.2, 0.25) is 0 Å². The standard InChI is InChI=1S/C9H16ClN3/c1-3-4-8(2)6-13-7-9(5-10)11-12-13/h7-8H,3-6H2,1-2H3. The van der Waals surface area contributed by atoms with Crippen molar-refractivity contribution >= 4 is 11.6 Å². The Morgan fingerprint density at radius 1 is 1.62 bits per heavy atom. The number of rotatable bonds is 5. The Balaban J connectivity index is 2.44. The van der Waals surface area contributed by atoms with E-state index in [4.69, 9.17) is 11.6 Å². The molecule has 0 aliphatic rings. The molecular formula is C9H16ClN3. The summed E-state index contributed by atoms with van der Waals surface area (Å²) in [6.45, 7) is 5.37. The van der Waals surface area contributed by atoms with Crippen LogP contribution >= 0.6 is 11.6 Å². The van der Waals surface area contributed by atoms with Gasteiger partial charge in [-0.3, -0.25) is 4.68 Å². The van der Waals surface area contributed by atoms with Crippen LogP contribution in [-0.4, -0.2) is 15.0 Å². The number of hydrogen-bond donors (Lipinski definition) is 0. The van der Waals surface area contributed by atoms with E-state index in [9.17, 15) is 0 Å². The number of alkyl halides is 1. The molecule has 0 saturated carbocycles. The predicted molar refractivity (Wildman–Crippen MR) is 53.7 cm³/mol. The van der Waals surface area contributed by atoms with Crippen molar-refractivity contribution in [3.63, 3.8) is 0 Å². The fourth-order valence-corrected chi connectivity index (χ4v) is 1.51. The first-order chi connectivity index (χ1) is 6.26. The lowest BCUT2D eigenvalue weighted by Crippen LogP contribution is -2.07. The van der Waals surface area contributed by atoms with Gasteiger partial charge in [0.05, 0.1) is 11.6 Å². The lowest BCUT2D eigenvalue weighted by Gasteiger charge is -2.08. The summed E-state index contributed by atoms with van der Waals surface area (Å²) in [4.78, 5) is 0. The number of hydrogen-bond acceptors (Lipinski definition) is 2. The molecule has 1 aromatic heterocycles. The third kappa shape index (κ3) is 3.35. The third-order valence-corrected chi connectivity index (χ3v) is 2.28. The number of nitrogens with zero attached hydrogens (tertiary/aromatic N) is 3. The molecule has 0 aromatic carbocycles. The molecule has 0 saturated heterocycles. The van der Waals surface area contributed by atoms with Gasteiger partial charge in [-0.05, 0) is 12.3 Å². The van der Waals surface area contributed by atoms with Gasteiger partial charge >= 0.3 is 0 Å². The van der Waals surface area contributed by atoms with Crippen LogP contribution in [0.5, 0.6) is 0 Å². The molecule has 3 nitrogen and oxygen atoms in total. The van der Waals surface area contributed by atoms with E-state index in [0.717, 1.165) is 12.2 Å². The van der Waals surface area contributed by atoms with Crippen molar-refractivity contribution in [2.75, 3.05) is 0 Å². The summed E-state index contributed by atoms with van der Waals surface area (Å²) in [6.07, 6.45) is 4.37. The van der Waals surface area contributed by atoms with E-state index in [2.05, 4.69) is 24.2 Å². The first-order valence-corrected chi connectivity index (χ1v) is 5.24. The monoisotopic (exact) mass is 201 g/mol. The van der Waals surface area contributed by atoms with Gasteiger partial charge < -0.3 is 0 Å². The van der Waals surface area contributed by atoms with Crippen LogP contribution in [0.3, 0.4) is 0 Å². The van der Waals surface area contributed by atoms with Gasteiger partial charge in [0.15, 0.2) is 0 Å². The van der Waals surface area contributed by atoms with Crippen molar-refractivity contribution in [2.45, 2.75) is 39.1 Å². The molecule has 0 radical (unpaired) electrons. The molecule has 0 amide bonds. The third-order valence-electron chi connectivity index (χ3n) is 2.00. The predicted octanol–water partition coefficient (Wildman–Crippen LogP) is 2.45. The zero-order valence-electron chi connectivity index (χ0n) is 8.20. The molecule has 74 valence electrons. The molecule has 13 heavy (non-hydrogen) atoms. The van der Waals surface area contributed by atoms with Crippen molar-refractivity contribution in [3.8, 4) is 0 Å². The van der Waals surface area contributed by atoms with E-state index in [-0.39, 0.29) is 0 Å². The zero-order valence-corrected chi connectivity index (χ0v) is 8.96. The summed E-state index contributed by atoms with van der Waals surface area (Å²) in [5.74, 6) is 1.11. The number of aromatic nitrogens is 3. The first kappa shape index (κ1) is 10.5. The topological polar surface area (TPSA) is 30.7 Å². The highest BCUT2D eigenvalue weighted by Gasteiger charge is 2.04. The summed E-state index contributed by atoms with van der Waals surface area (Å²) in [7, 11) is 0. The molecule has 1 rings (SSSR count). The lowest BCUT2D eigenvalue weighted by atomic mass is 10.1. The molecule has 0 aliphatic heterocycles.